The van der Waals surface area contributed by atoms with E-state index < -0.39 is 0 Å². The summed E-state index contributed by atoms with van der Waals surface area (Å²) in [6, 6.07) is -0.268. The summed E-state index contributed by atoms with van der Waals surface area (Å²) in [6.45, 7) is 0.258. The molecule has 1 aromatic rings. The first-order valence-electron chi connectivity index (χ1n) is 4.68. The van der Waals surface area contributed by atoms with Crippen molar-refractivity contribution in [2.24, 2.45) is 7.05 Å². The third-order valence-corrected chi connectivity index (χ3v) is 2.79. The standard InChI is InChI=1S/C9H14BrN3O3/c1-13-9(15)8(10)7(3-11-13)12-6(4-14)5-16-2/h3,6,12,14H,4-5H2,1-2H3. The van der Waals surface area contributed by atoms with Crippen LogP contribution in [0.25, 0.3) is 0 Å². The van der Waals surface area contributed by atoms with Crippen molar-refractivity contribution in [3.8, 4) is 0 Å². The Balaban J connectivity index is 2.89. The lowest BCUT2D eigenvalue weighted by Gasteiger charge is -2.17. The Morgan fingerprint density at radius 2 is 2.44 bits per heavy atom. The highest BCUT2D eigenvalue weighted by atomic mass is 79.9. The first-order valence-corrected chi connectivity index (χ1v) is 5.47. The molecule has 1 heterocycles. The van der Waals surface area contributed by atoms with Gasteiger partial charge in [0, 0.05) is 14.2 Å². The lowest BCUT2D eigenvalue weighted by Crippen LogP contribution is -2.30. The van der Waals surface area contributed by atoms with Gasteiger partial charge in [-0.15, -0.1) is 0 Å². The first kappa shape index (κ1) is 13.1. The molecule has 0 aliphatic rings. The number of methoxy groups -OCH3 is 1. The Morgan fingerprint density at radius 1 is 1.75 bits per heavy atom. The average molecular weight is 292 g/mol. The molecular formula is C9H14BrN3O3. The van der Waals surface area contributed by atoms with E-state index in [1.54, 1.807) is 14.2 Å². The summed E-state index contributed by atoms with van der Waals surface area (Å²) < 4.78 is 6.53. The largest absolute Gasteiger partial charge is 0.394 e. The van der Waals surface area contributed by atoms with E-state index in [2.05, 4.69) is 26.3 Å². The van der Waals surface area contributed by atoms with Crippen LogP contribution in [-0.4, -0.2) is 41.3 Å². The van der Waals surface area contributed by atoms with Gasteiger partial charge in [-0.25, -0.2) is 4.68 Å². The number of halogens is 1. The minimum absolute atomic E-state index is 0.0878. The van der Waals surface area contributed by atoms with Crippen molar-refractivity contribution >= 4 is 21.6 Å². The molecule has 0 aliphatic heterocycles. The molecule has 6 nitrogen and oxygen atoms in total. The fourth-order valence-electron chi connectivity index (χ4n) is 1.17. The second-order valence-corrected chi connectivity index (χ2v) is 4.07. The predicted molar refractivity (Wildman–Crippen MR) is 63.6 cm³/mol. The van der Waals surface area contributed by atoms with Crippen molar-refractivity contribution < 1.29 is 9.84 Å². The van der Waals surface area contributed by atoms with Gasteiger partial charge in [-0.1, -0.05) is 0 Å². The molecule has 0 fully saturated rings. The van der Waals surface area contributed by atoms with E-state index in [9.17, 15) is 4.79 Å². The molecule has 1 rings (SSSR count). The van der Waals surface area contributed by atoms with Gasteiger partial charge in [0.2, 0.25) is 0 Å². The van der Waals surface area contributed by atoms with Gasteiger partial charge in [0.15, 0.2) is 0 Å². The fourth-order valence-corrected chi connectivity index (χ4v) is 1.65. The van der Waals surface area contributed by atoms with E-state index in [1.807, 2.05) is 0 Å². The van der Waals surface area contributed by atoms with Gasteiger partial charge >= 0.3 is 0 Å². The summed E-state index contributed by atoms with van der Waals surface area (Å²) in [7, 11) is 3.11. The topological polar surface area (TPSA) is 76.4 Å². The van der Waals surface area contributed by atoms with Gasteiger partial charge in [-0.05, 0) is 15.9 Å². The number of aromatic nitrogens is 2. The molecule has 0 amide bonds. The number of anilines is 1. The number of nitrogens with zero attached hydrogens (tertiary/aromatic N) is 2. The summed E-state index contributed by atoms with van der Waals surface area (Å²) >= 11 is 3.18. The Bertz CT molecular complexity index is 407. The van der Waals surface area contributed by atoms with Crippen LogP contribution < -0.4 is 10.9 Å². The van der Waals surface area contributed by atoms with Crippen LogP contribution in [0, 0.1) is 0 Å². The Morgan fingerprint density at radius 3 is 3.00 bits per heavy atom. The molecule has 0 spiro atoms. The molecule has 0 saturated carbocycles. The number of aryl methyl sites for hydroxylation is 1. The number of aliphatic hydroxyl groups excluding tert-OH is 1. The number of ether oxygens (including phenoxy) is 1. The summed E-state index contributed by atoms with van der Waals surface area (Å²) in [4.78, 5) is 11.5. The molecule has 7 heteroatoms. The molecule has 0 saturated heterocycles. The molecule has 1 unspecified atom stereocenters. The van der Waals surface area contributed by atoms with E-state index in [1.165, 1.54) is 10.9 Å². The molecule has 0 bridgehead atoms. The van der Waals surface area contributed by atoms with Gasteiger partial charge < -0.3 is 15.2 Å². The summed E-state index contributed by atoms with van der Waals surface area (Å²) in [5.74, 6) is 0. The Kier molecular flexibility index (Phi) is 4.91. The van der Waals surface area contributed by atoms with Crippen LogP contribution in [0.15, 0.2) is 15.5 Å². The summed E-state index contributed by atoms with van der Waals surface area (Å²) in [6.07, 6.45) is 1.52. The molecule has 1 atom stereocenters. The molecule has 90 valence electrons. The highest BCUT2D eigenvalue weighted by molar-refractivity contribution is 9.10. The van der Waals surface area contributed by atoms with Gasteiger partial charge in [0.05, 0.1) is 31.1 Å². The smallest absolute Gasteiger partial charge is 0.282 e. The minimum atomic E-state index is -0.268. The number of rotatable bonds is 5. The fraction of sp³-hybridized carbons (Fsp3) is 0.556. The predicted octanol–water partition coefficient (Wildman–Crippen LogP) is -0.0380. The zero-order valence-electron chi connectivity index (χ0n) is 9.11. The quantitative estimate of drug-likeness (QED) is 0.796. The summed E-state index contributed by atoms with van der Waals surface area (Å²) in [5, 5.41) is 15.9. The molecule has 2 N–H and O–H groups in total. The van der Waals surface area contributed by atoms with Crippen molar-refractivity contribution in [1.82, 2.24) is 9.78 Å². The van der Waals surface area contributed by atoms with Crippen molar-refractivity contribution in [3.05, 3.63) is 21.0 Å². The maximum atomic E-state index is 11.5. The number of hydrogen-bond donors (Lipinski definition) is 2. The average Bonchev–Trinajstić information content (AvgIpc) is 2.29. The SMILES string of the molecule is COCC(CO)Nc1cnn(C)c(=O)c1Br. The van der Waals surface area contributed by atoms with Crippen LogP contribution in [0.4, 0.5) is 5.69 Å². The molecule has 0 aromatic carbocycles. The summed E-state index contributed by atoms with van der Waals surface area (Å²) in [5.41, 5.74) is 0.304. The maximum Gasteiger partial charge on any atom is 0.282 e. The van der Waals surface area contributed by atoms with Crippen molar-refractivity contribution in [2.45, 2.75) is 6.04 Å². The van der Waals surface area contributed by atoms with Crippen molar-refractivity contribution in [3.63, 3.8) is 0 Å². The van der Waals surface area contributed by atoms with Crippen LogP contribution in [0.2, 0.25) is 0 Å². The normalized spacial score (nSPS) is 12.5. The van der Waals surface area contributed by atoms with Gasteiger partial charge in [0.25, 0.3) is 5.56 Å². The van der Waals surface area contributed by atoms with Gasteiger partial charge in [0.1, 0.15) is 4.47 Å². The zero-order chi connectivity index (χ0) is 12.1. The maximum absolute atomic E-state index is 11.5. The third-order valence-electron chi connectivity index (χ3n) is 2.03. The molecular weight excluding hydrogens is 278 g/mol. The highest BCUT2D eigenvalue weighted by Crippen LogP contribution is 2.16. The van der Waals surface area contributed by atoms with E-state index in [-0.39, 0.29) is 18.2 Å². The molecule has 16 heavy (non-hydrogen) atoms. The minimum Gasteiger partial charge on any atom is -0.394 e. The van der Waals surface area contributed by atoms with Crippen LogP contribution in [0.1, 0.15) is 0 Å². The van der Waals surface area contributed by atoms with Crippen molar-refractivity contribution in [2.75, 3.05) is 25.6 Å². The molecule has 1 aromatic heterocycles. The second kappa shape index (κ2) is 5.97. The zero-order valence-corrected chi connectivity index (χ0v) is 10.7. The van der Waals surface area contributed by atoms with Crippen LogP contribution in [0.5, 0.6) is 0 Å². The second-order valence-electron chi connectivity index (χ2n) is 3.28. The van der Waals surface area contributed by atoms with Crippen molar-refractivity contribution in [1.29, 1.82) is 0 Å². The first-order chi connectivity index (χ1) is 7.60. The van der Waals surface area contributed by atoms with Crippen LogP contribution in [0.3, 0.4) is 0 Å². The number of nitrogens with one attached hydrogen (secondary N) is 1. The third kappa shape index (κ3) is 3.03. The highest BCUT2D eigenvalue weighted by Gasteiger charge is 2.11. The van der Waals surface area contributed by atoms with Gasteiger partial charge in [-0.2, -0.15) is 5.10 Å². The van der Waals surface area contributed by atoms with Gasteiger partial charge in [-0.3, -0.25) is 4.79 Å². The lowest BCUT2D eigenvalue weighted by atomic mass is 10.3. The van der Waals surface area contributed by atoms with E-state index >= 15 is 0 Å². The van der Waals surface area contributed by atoms with E-state index in [0.29, 0.717) is 16.8 Å². The monoisotopic (exact) mass is 291 g/mol. The van der Waals surface area contributed by atoms with Crippen LogP contribution >= 0.6 is 15.9 Å². The lowest BCUT2D eigenvalue weighted by molar-refractivity contribution is 0.153. The number of hydrogen-bond acceptors (Lipinski definition) is 5. The van der Waals surface area contributed by atoms with Crippen LogP contribution in [-0.2, 0) is 11.8 Å². The Hall–Kier alpha value is -0.920. The molecule has 0 radical (unpaired) electrons. The van der Waals surface area contributed by atoms with E-state index in [4.69, 9.17) is 9.84 Å². The number of aliphatic hydroxyl groups is 1. The Labute approximate surface area is 101 Å². The van der Waals surface area contributed by atoms with E-state index in [0.717, 1.165) is 0 Å². The molecule has 0 aliphatic carbocycles.